The van der Waals surface area contributed by atoms with Crippen LogP contribution in [0.1, 0.15) is 22.4 Å². The number of aromatic nitrogens is 2. The third-order valence-corrected chi connectivity index (χ3v) is 5.28. The highest BCUT2D eigenvalue weighted by atomic mass is 19.1. The second-order valence-corrected chi connectivity index (χ2v) is 7.41. The zero-order valence-corrected chi connectivity index (χ0v) is 17.0. The molecule has 1 N–H and O–H groups in total. The van der Waals surface area contributed by atoms with E-state index in [2.05, 4.69) is 5.32 Å². The molecule has 0 spiro atoms. The summed E-state index contributed by atoms with van der Waals surface area (Å²) in [5.74, 6) is -2.15. The van der Waals surface area contributed by atoms with Gasteiger partial charge in [-0.1, -0.05) is 24.3 Å². The van der Waals surface area contributed by atoms with Gasteiger partial charge in [-0.3, -0.25) is 4.79 Å². The summed E-state index contributed by atoms with van der Waals surface area (Å²) in [6.45, 7) is 6.00. The zero-order chi connectivity index (χ0) is 21.4. The standard InChI is InChI=1S/C24H21F2N3O/c1-14-9-10-17(12-16(14)3)22-20(29-11-5-6-15(2)24(29)28-22)13-21(30)27-23-18(25)7-4-8-19(23)26/h4-12H,13H2,1-3H3,(H,27,30). The molecular weight excluding hydrogens is 384 g/mol. The molecule has 0 saturated carbocycles. The number of anilines is 1. The first-order valence-electron chi connectivity index (χ1n) is 9.63. The van der Waals surface area contributed by atoms with Crippen molar-refractivity contribution in [3.63, 3.8) is 0 Å². The van der Waals surface area contributed by atoms with Crippen LogP contribution in [0, 0.1) is 32.4 Å². The smallest absolute Gasteiger partial charge is 0.230 e. The Bertz CT molecular complexity index is 1260. The molecule has 0 radical (unpaired) electrons. The van der Waals surface area contributed by atoms with Crippen LogP contribution >= 0.6 is 0 Å². The Morgan fingerprint density at radius 3 is 2.40 bits per heavy atom. The van der Waals surface area contributed by atoms with Crippen molar-refractivity contribution in [3.8, 4) is 11.3 Å². The van der Waals surface area contributed by atoms with Gasteiger partial charge in [-0.25, -0.2) is 13.8 Å². The molecule has 2 heterocycles. The molecule has 1 amide bonds. The number of nitrogens with zero attached hydrogens (tertiary/aromatic N) is 2. The van der Waals surface area contributed by atoms with Crippen LogP contribution in [0.4, 0.5) is 14.5 Å². The van der Waals surface area contributed by atoms with Crippen molar-refractivity contribution in [2.24, 2.45) is 0 Å². The molecule has 6 heteroatoms. The number of nitrogens with one attached hydrogen (secondary N) is 1. The Hall–Kier alpha value is -3.54. The molecule has 152 valence electrons. The first-order chi connectivity index (χ1) is 14.3. The molecule has 0 saturated heterocycles. The second kappa shape index (κ2) is 7.71. The lowest BCUT2D eigenvalue weighted by molar-refractivity contribution is -0.115. The quantitative estimate of drug-likeness (QED) is 0.495. The molecule has 0 aliphatic carbocycles. The molecule has 30 heavy (non-hydrogen) atoms. The van der Waals surface area contributed by atoms with Gasteiger partial charge in [0, 0.05) is 11.8 Å². The predicted octanol–water partition coefficient (Wildman–Crippen LogP) is 5.39. The summed E-state index contributed by atoms with van der Waals surface area (Å²) in [6, 6.07) is 13.3. The monoisotopic (exact) mass is 405 g/mol. The van der Waals surface area contributed by atoms with E-state index in [1.54, 1.807) is 0 Å². The number of rotatable bonds is 4. The fraction of sp³-hybridized carbons (Fsp3) is 0.167. The molecule has 0 aliphatic rings. The maximum atomic E-state index is 13.9. The molecule has 4 aromatic rings. The largest absolute Gasteiger partial charge is 0.321 e. The van der Waals surface area contributed by atoms with Crippen LogP contribution in [0.2, 0.25) is 0 Å². The fourth-order valence-electron chi connectivity index (χ4n) is 3.49. The lowest BCUT2D eigenvalue weighted by Crippen LogP contribution is -2.18. The number of halogens is 2. The van der Waals surface area contributed by atoms with Gasteiger partial charge in [0.2, 0.25) is 5.91 Å². The number of imidazole rings is 1. The Morgan fingerprint density at radius 2 is 1.70 bits per heavy atom. The van der Waals surface area contributed by atoms with E-state index in [0.29, 0.717) is 11.4 Å². The summed E-state index contributed by atoms with van der Waals surface area (Å²) in [6.07, 6.45) is 1.76. The number of aryl methyl sites for hydroxylation is 3. The molecule has 0 fully saturated rings. The third kappa shape index (κ3) is 3.56. The first-order valence-corrected chi connectivity index (χ1v) is 9.63. The van der Waals surface area contributed by atoms with Gasteiger partial charge in [-0.15, -0.1) is 0 Å². The van der Waals surface area contributed by atoms with Gasteiger partial charge in [0.25, 0.3) is 0 Å². The van der Waals surface area contributed by atoms with Crippen LogP contribution in [0.3, 0.4) is 0 Å². The van der Waals surface area contributed by atoms with E-state index in [9.17, 15) is 13.6 Å². The summed E-state index contributed by atoms with van der Waals surface area (Å²) < 4.78 is 29.8. The van der Waals surface area contributed by atoms with Crippen molar-refractivity contribution >= 4 is 17.2 Å². The van der Waals surface area contributed by atoms with Crippen molar-refractivity contribution in [3.05, 3.63) is 88.7 Å². The van der Waals surface area contributed by atoms with Crippen LogP contribution in [0.25, 0.3) is 16.9 Å². The minimum atomic E-state index is -0.813. The Kier molecular flexibility index (Phi) is 5.08. The molecule has 4 rings (SSSR count). The molecule has 4 nitrogen and oxygen atoms in total. The van der Waals surface area contributed by atoms with Crippen molar-refractivity contribution in [1.82, 2.24) is 9.38 Å². The van der Waals surface area contributed by atoms with Gasteiger partial charge in [0.05, 0.1) is 17.8 Å². The van der Waals surface area contributed by atoms with Crippen molar-refractivity contribution in [1.29, 1.82) is 0 Å². The second-order valence-electron chi connectivity index (χ2n) is 7.41. The van der Waals surface area contributed by atoms with Gasteiger partial charge in [-0.2, -0.15) is 0 Å². The van der Waals surface area contributed by atoms with Crippen molar-refractivity contribution in [2.75, 3.05) is 5.32 Å². The molecule has 0 aliphatic heterocycles. The Balaban J connectivity index is 1.78. The molecule has 2 aromatic heterocycles. The van der Waals surface area contributed by atoms with Crippen molar-refractivity contribution in [2.45, 2.75) is 27.2 Å². The van der Waals surface area contributed by atoms with Gasteiger partial charge >= 0.3 is 0 Å². The van der Waals surface area contributed by atoms with Gasteiger partial charge in [0.15, 0.2) is 0 Å². The van der Waals surface area contributed by atoms with E-state index in [1.807, 2.05) is 61.7 Å². The fourth-order valence-corrected chi connectivity index (χ4v) is 3.49. The number of carbonyl (C=O) groups is 1. The number of hydrogen-bond acceptors (Lipinski definition) is 2. The lowest BCUT2D eigenvalue weighted by Gasteiger charge is -2.10. The summed E-state index contributed by atoms with van der Waals surface area (Å²) in [7, 11) is 0. The highest BCUT2D eigenvalue weighted by Gasteiger charge is 2.20. The van der Waals surface area contributed by atoms with E-state index < -0.39 is 23.2 Å². The number of para-hydroxylation sites is 1. The van der Waals surface area contributed by atoms with Crippen LogP contribution in [-0.4, -0.2) is 15.3 Å². The van der Waals surface area contributed by atoms with E-state index in [1.165, 1.54) is 6.07 Å². The molecule has 0 bridgehead atoms. The molecule has 0 atom stereocenters. The molecular formula is C24H21F2N3O. The highest BCUT2D eigenvalue weighted by Crippen LogP contribution is 2.28. The topological polar surface area (TPSA) is 46.4 Å². The van der Waals surface area contributed by atoms with Crippen LogP contribution in [-0.2, 0) is 11.2 Å². The lowest BCUT2D eigenvalue weighted by atomic mass is 10.0. The number of fused-ring (bicyclic) bond motifs is 1. The van der Waals surface area contributed by atoms with E-state index in [-0.39, 0.29) is 6.42 Å². The van der Waals surface area contributed by atoms with E-state index >= 15 is 0 Å². The number of carbonyl (C=O) groups excluding carboxylic acids is 1. The molecule has 2 aromatic carbocycles. The Morgan fingerprint density at radius 1 is 0.967 bits per heavy atom. The van der Waals surface area contributed by atoms with Crippen LogP contribution in [0.5, 0.6) is 0 Å². The highest BCUT2D eigenvalue weighted by molar-refractivity contribution is 5.93. The first kappa shape index (κ1) is 19.8. The van der Waals surface area contributed by atoms with E-state index in [0.717, 1.165) is 40.0 Å². The normalized spacial score (nSPS) is 11.1. The van der Waals surface area contributed by atoms with Gasteiger partial charge < -0.3 is 9.72 Å². The van der Waals surface area contributed by atoms with E-state index in [4.69, 9.17) is 4.98 Å². The van der Waals surface area contributed by atoms with Crippen molar-refractivity contribution < 1.29 is 13.6 Å². The summed E-state index contributed by atoms with van der Waals surface area (Å²) >= 11 is 0. The zero-order valence-electron chi connectivity index (χ0n) is 17.0. The van der Waals surface area contributed by atoms with Gasteiger partial charge in [0.1, 0.15) is 23.0 Å². The van der Waals surface area contributed by atoms with Crippen LogP contribution < -0.4 is 5.32 Å². The average molecular weight is 405 g/mol. The maximum absolute atomic E-state index is 13.9. The summed E-state index contributed by atoms with van der Waals surface area (Å²) in [5.41, 5.74) is 5.77. The summed E-state index contributed by atoms with van der Waals surface area (Å²) in [5, 5.41) is 2.37. The predicted molar refractivity (Wildman–Crippen MR) is 114 cm³/mol. The Labute approximate surface area is 173 Å². The minimum Gasteiger partial charge on any atom is -0.321 e. The number of hydrogen-bond donors (Lipinski definition) is 1. The number of amides is 1. The third-order valence-electron chi connectivity index (χ3n) is 5.28. The number of benzene rings is 2. The minimum absolute atomic E-state index is 0.0827. The average Bonchev–Trinajstić information content (AvgIpc) is 3.07. The number of pyridine rings is 1. The van der Waals surface area contributed by atoms with Gasteiger partial charge in [-0.05, 0) is 61.7 Å². The van der Waals surface area contributed by atoms with Crippen LogP contribution in [0.15, 0.2) is 54.7 Å². The summed E-state index contributed by atoms with van der Waals surface area (Å²) in [4.78, 5) is 17.5. The molecule has 0 unspecified atom stereocenters. The SMILES string of the molecule is Cc1ccc(-c2nc3c(C)cccn3c2CC(=O)Nc2c(F)cccc2F)cc1C. The maximum Gasteiger partial charge on any atom is 0.230 e.